The van der Waals surface area contributed by atoms with Gasteiger partial charge in [0.1, 0.15) is 5.82 Å². The van der Waals surface area contributed by atoms with Gasteiger partial charge in [-0.25, -0.2) is 17.5 Å². The Hall–Kier alpha value is -1.15. The lowest BCUT2D eigenvalue weighted by Gasteiger charge is -2.11. The Labute approximate surface area is 108 Å². The van der Waals surface area contributed by atoms with Gasteiger partial charge in [0.25, 0.3) is 0 Å². The molecule has 0 aliphatic heterocycles. The minimum atomic E-state index is -4.63. The number of sulfonamides is 1. The van der Waals surface area contributed by atoms with Gasteiger partial charge in [-0.05, 0) is 26.0 Å². The van der Waals surface area contributed by atoms with Crippen LogP contribution in [0.2, 0.25) is 0 Å². The number of halogens is 4. The van der Waals surface area contributed by atoms with Gasteiger partial charge >= 0.3 is 6.18 Å². The zero-order valence-corrected chi connectivity index (χ0v) is 11.1. The predicted molar refractivity (Wildman–Crippen MR) is 62.3 cm³/mol. The molecule has 0 aromatic heterocycles. The highest BCUT2D eigenvalue weighted by Gasteiger charge is 2.31. The van der Waals surface area contributed by atoms with Crippen LogP contribution in [0.1, 0.15) is 25.0 Å². The van der Waals surface area contributed by atoms with Crippen LogP contribution in [-0.2, 0) is 22.7 Å². The highest BCUT2D eigenvalue weighted by atomic mass is 32.2. The second-order valence-corrected chi connectivity index (χ2v) is 6.54. The van der Waals surface area contributed by atoms with E-state index < -0.39 is 32.8 Å². The second kappa shape index (κ2) is 5.46. The summed E-state index contributed by atoms with van der Waals surface area (Å²) in [5, 5.41) is -0.704. The molecular weight excluding hydrogens is 286 g/mol. The van der Waals surface area contributed by atoms with Crippen LogP contribution in [0.5, 0.6) is 0 Å². The van der Waals surface area contributed by atoms with Crippen molar-refractivity contribution in [3.05, 3.63) is 35.1 Å². The van der Waals surface area contributed by atoms with E-state index in [4.69, 9.17) is 0 Å². The maximum atomic E-state index is 13.4. The van der Waals surface area contributed by atoms with Crippen molar-refractivity contribution in [3.8, 4) is 0 Å². The van der Waals surface area contributed by atoms with Crippen LogP contribution in [0, 0.1) is 5.82 Å². The van der Waals surface area contributed by atoms with E-state index in [1.54, 1.807) is 0 Å². The number of alkyl halides is 3. The van der Waals surface area contributed by atoms with Crippen molar-refractivity contribution < 1.29 is 26.0 Å². The standard InChI is InChI=1S/C11H13F4NO2S/c1-7(2)19(17,18)16-6-8-3-4-9(5-10(8)12)11(13,14)15/h3-5,7,16H,6H2,1-2H3. The first kappa shape index (κ1) is 15.9. The molecule has 1 aromatic carbocycles. The topological polar surface area (TPSA) is 46.2 Å². The van der Waals surface area contributed by atoms with Crippen molar-refractivity contribution in [2.45, 2.75) is 31.8 Å². The van der Waals surface area contributed by atoms with E-state index in [9.17, 15) is 26.0 Å². The fourth-order valence-corrected chi connectivity index (χ4v) is 1.90. The van der Waals surface area contributed by atoms with Crippen LogP contribution in [0.4, 0.5) is 17.6 Å². The summed E-state index contributed by atoms with van der Waals surface area (Å²) in [5.74, 6) is -1.10. The quantitative estimate of drug-likeness (QED) is 0.869. The molecule has 0 aliphatic rings. The largest absolute Gasteiger partial charge is 0.416 e. The summed E-state index contributed by atoms with van der Waals surface area (Å²) >= 11 is 0. The molecule has 3 nitrogen and oxygen atoms in total. The van der Waals surface area contributed by atoms with E-state index in [1.165, 1.54) is 13.8 Å². The van der Waals surface area contributed by atoms with Crippen LogP contribution in [0.3, 0.4) is 0 Å². The normalized spacial score (nSPS) is 13.0. The molecule has 0 saturated heterocycles. The van der Waals surface area contributed by atoms with Gasteiger partial charge in [0, 0.05) is 12.1 Å². The third kappa shape index (κ3) is 4.17. The fourth-order valence-electron chi connectivity index (χ4n) is 1.21. The lowest BCUT2D eigenvalue weighted by atomic mass is 10.1. The molecule has 0 heterocycles. The molecule has 0 atom stereocenters. The Morgan fingerprint density at radius 2 is 1.84 bits per heavy atom. The van der Waals surface area contributed by atoms with Crippen molar-refractivity contribution in [1.82, 2.24) is 4.72 Å². The zero-order valence-electron chi connectivity index (χ0n) is 10.3. The van der Waals surface area contributed by atoms with Gasteiger partial charge in [-0.2, -0.15) is 13.2 Å². The van der Waals surface area contributed by atoms with E-state index in [0.717, 1.165) is 6.07 Å². The Bertz CT molecular complexity index is 552. The van der Waals surface area contributed by atoms with E-state index >= 15 is 0 Å². The Balaban J connectivity index is 2.88. The monoisotopic (exact) mass is 299 g/mol. The molecule has 0 amide bonds. The van der Waals surface area contributed by atoms with Crippen molar-refractivity contribution in [3.63, 3.8) is 0 Å². The molecule has 1 N–H and O–H groups in total. The third-order valence-corrected chi connectivity index (χ3v) is 4.25. The van der Waals surface area contributed by atoms with Crippen molar-refractivity contribution in [2.24, 2.45) is 0 Å². The van der Waals surface area contributed by atoms with Crippen LogP contribution < -0.4 is 4.72 Å². The molecular formula is C11H13F4NO2S. The lowest BCUT2D eigenvalue weighted by molar-refractivity contribution is -0.137. The smallest absolute Gasteiger partial charge is 0.212 e. The molecule has 0 unspecified atom stereocenters. The van der Waals surface area contributed by atoms with Crippen LogP contribution in [0.15, 0.2) is 18.2 Å². The summed E-state index contributed by atoms with van der Waals surface area (Å²) in [5.41, 5.74) is -1.25. The molecule has 0 aliphatic carbocycles. The SMILES string of the molecule is CC(C)S(=O)(=O)NCc1ccc(C(F)(F)F)cc1F. The Morgan fingerprint density at radius 1 is 1.26 bits per heavy atom. The number of hydrogen-bond acceptors (Lipinski definition) is 2. The van der Waals surface area contributed by atoms with Crippen LogP contribution in [-0.4, -0.2) is 13.7 Å². The zero-order chi connectivity index (χ0) is 14.8. The van der Waals surface area contributed by atoms with Crippen molar-refractivity contribution in [1.29, 1.82) is 0 Å². The fraction of sp³-hybridized carbons (Fsp3) is 0.455. The highest BCUT2D eigenvalue weighted by Crippen LogP contribution is 2.30. The first-order chi connectivity index (χ1) is 8.54. The van der Waals surface area contributed by atoms with E-state index in [-0.39, 0.29) is 12.1 Å². The van der Waals surface area contributed by atoms with E-state index in [2.05, 4.69) is 4.72 Å². The van der Waals surface area contributed by atoms with Crippen LogP contribution >= 0.6 is 0 Å². The molecule has 0 radical (unpaired) electrons. The number of hydrogen-bond donors (Lipinski definition) is 1. The van der Waals surface area contributed by atoms with Crippen molar-refractivity contribution >= 4 is 10.0 Å². The molecule has 1 rings (SSSR count). The molecule has 1 aromatic rings. The summed E-state index contributed by atoms with van der Waals surface area (Å²) in [6, 6.07) is 1.97. The summed E-state index contributed by atoms with van der Waals surface area (Å²) in [6.07, 6.45) is -4.63. The van der Waals surface area contributed by atoms with Gasteiger partial charge in [0.2, 0.25) is 10.0 Å². The average Bonchev–Trinajstić information content (AvgIpc) is 2.25. The van der Waals surface area contributed by atoms with E-state index in [0.29, 0.717) is 12.1 Å². The first-order valence-corrected chi connectivity index (χ1v) is 6.93. The van der Waals surface area contributed by atoms with Gasteiger partial charge in [0.15, 0.2) is 0 Å². The maximum absolute atomic E-state index is 13.4. The molecule has 0 fully saturated rings. The highest BCUT2D eigenvalue weighted by molar-refractivity contribution is 7.90. The molecule has 0 bridgehead atoms. The van der Waals surface area contributed by atoms with Gasteiger partial charge < -0.3 is 0 Å². The number of rotatable bonds is 4. The molecule has 0 saturated carbocycles. The predicted octanol–water partition coefficient (Wildman–Crippen LogP) is 2.67. The summed E-state index contributed by atoms with van der Waals surface area (Å²) < 4.78 is 75.3. The summed E-state index contributed by atoms with van der Waals surface area (Å²) in [4.78, 5) is 0. The van der Waals surface area contributed by atoms with E-state index in [1.807, 2.05) is 0 Å². The number of nitrogens with one attached hydrogen (secondary N) is 1. The average molecular weight is 299 g/mol. The first-order valence-electron chi connectivity index (χ1n) is 5.38. The minimum Gasteiger partial charge on any atom is -0.212 e. The number of benzene rings is 1. The summed E-state index contributed by atoms with van der Waals surface area (Å²) in [7, 11) is -3.59. The molecule has 8 heteroatoms. The van der Waals surface area contributed by atoms with Gasteiger partial charge in [0.05, 0.1) is 10.8 Å². The molecule has 108 valence electrons. The Morgan fingerprint density at radius 3 is 2.26 bits per heavy atom. The van der Waals surface area contributed by atoms with Crippen LogP contribution in [0.25, 0.3) is 0 Å². The van der Waals surface area contributed by atoms with Gasteiger partial charge in [-0.1, -0.05) is 6.07 Å². The molecule has 0 spiro atoms. The second-order valence-electron chi connectivity index (χ2n) is 4.22. The molecule has 19 heavy (non-hydrogen) atoms. The van der Waals surface area contributed by atoms with Gasteiger partial charge in [-0.3, -0.25) is 0 Å². The van der Waals surface area contributed by atoms with Gasteiger partial charge in [-0.15, -0.1) is 0 Å². The minimum absolute atomic E-state index is 0.141. The lowest BCUT2D eigenvalue weighted by Crippen LogP contribution is -2.30. The third-order valence-electron chi connectivity index (χ3n) is 2.46. The maximum Gasteiger partial charge on any atom is 0.416 e. The van der Waals surface area contributed by atoms with Crippen molar-refractivity contribution in [2.75, 3.05) is 0 Å². The summed E-state index contributed by atoms with van der Waals surface area (Å²) in [6.45, 7) is 2.49. The Kier molecular flexibility index (Phi) is 4.57.